The fourth-order valence-corrected chi connectivity index (χ4v) is 0.552. The molecule has 0 aromatic rings. The van der Waals surface area contributed by atoms with Gasteiger partial charge in [-0.3, -0.25) is 20.4 Å². The topological polar surface area (TPSA) is 82.3 Å². The minimum absolute atomic E-state index is 0.347. The van der Waals surface area contributed by atoms with Crippen molar-refractivity contribution in [3.05, 3.63) is 0 Å². The van der Waals surface area contributed by atoms with Crippen LogP contribution in [0.5, 0.6) is 0 Å². The number of hydrogen-bond donors (Lipinski definition) is 4. The Morgan fingerprint density at radius 1 is 0.722 bits per heavy atom. The third kappa shape index (κ3) is 6.90. The molecule has 0 heterocycles. The van der Waals surface area contributed by atoms with Gasteiger partial charge in [-0.2, -0.15) is 26.3 Å². The minimum Gasteiger partial charge on any atom is -0.284 e. The van der Waals surface area contributed by atoms with Crippen molar-refractivity contribution in [1.82, 2.24) is 21.7 Å². The smallest absolute Gasteiger partial charge is 0.284 e. The first-order valence-electron chi connectivity index (χ1n) is 4.25. The summed E-state index contributed by atoms with van der Waals surface area (Å²) in [6.45, 7) is -0.695. The molecule has 0 radical (unpaired) electrons. The molecule has 6 nitrogen and oxygen atoms in total. The van der Waals surface area contributed by atoms with Crippen LogP contribution in [0.4, 0.5) is 26.3 Å². The van der Waals surface area contributed by atoms with E-state index in [9.17, 15) is 35.9 Å². The highest BCUT2D eigenvalue weighted by atomic mass is 19.4. The summed E-state index contributed by atoms with van der Waals surface area (Å²) in [6, 6.07) is 0. The van der Waals surface area contributed by atoms with Crippen LogP contribution in [0.25, 0.3) is 0 Å². The van der Waals surface area contributed by atoms with E-state index in [1.165, 1.54) is 10.9 Å². The molecule has 0 bridgehead atoms. The molecular formula is C6H8F6N4O2. The normalized spacial score (nSPS) is 12.1. The molecule has 4 N–H and O–H groups in total. The van der Waals surface area contributed by atoms with E-state index >= 15 is 0 Å². The number of nitrogens with one attached hydrogen (secondary N) is 4. The van der Waals surface area contributed by atoms with Crippen LogP contribution in [-0.4, -0.2) is 37.3 Å². The average Bonchev–Trinajstić information content (AvgIpc) is 2.19. The summed E-state index contributed by atoms with van der Waals surface area (Å²) in [5.41, 5.74) is 6.08. The molecule has 0 aliphatic rings. The van der Waals surface area contributed by atoms with Crippen LogP contribution in [-0.2, 0) is 9.59 Å². The number of amides is 2. The van der Waals surface area contributed by atoms with E-state index in [2.05, 4.69) is 0 Å². The Morgan fingerprint density at radius 3 is 1.22 bits per heavy atom. The number of hydrogen-bond acceptors (Lipinski definition) is 4. The van der Waals surface area contributed by atoms with Crippen LogP contribution in [0.2, 0.25) is 0 Å². The molecule has 0 saturated heterocycles. The van der Waals surface area contributed by atoms with E-state index in [0.29, 0.717) is 0 Å². The van der Waals surface area contributed by atoms with Crippen LogP contribution in [0, 0.1) is 0 Å². The number of alkyl halides is 6. The van der Waals surface area contributed by atoms with E-state index in [1.807, 2.05) is 0 Å². The molecule has 12 heteroatoms. The van der Waals surface area contributed by atoms with Crippen LogP contribution < -0.4 is 21.7 Å². The van der Waals surface area contributed by atoms with Gasteiger partial charge in [-0.1, -0.05) is 0 Å². The Kier molecular flexibility index (Phi) is 5.84. The second kappa shape index (κ2) is 6.39. The van der Waals surface area contributed by atoms with Gasteiger partial charge in [0, 0.05) is 13.1 Å². The van der Waals surface area contributed by atoms with Crippen molar-refractivity contribution in [2.45, 2.75) is 12.4 Å². The maximum Gasteiger partial charge on any atom is 0.472 e. The first kappa shape index (κ1) is 16.4. The molecule has 0 aliphatic heterocycles. The molecular weight excluding hydrogens is 274 g/mol. The van der Waals surface area contributed by atoms with E-state index in [0.717, 1.165) is 0 Å². The van der Waals surface area contributed by atoms with Crippen LogP contribution in [0.1, 0.15) is 0 Å². The van der Waals surface area contributed by atoms with Crippen molar-refractivity contribution < 1.29 is 35.9 Å². The summed E-state index contributed by atoms with van der Waals surface area (Å²) in [7, 11) is 0. The van der Waals surface area contributed by atoms with Gasteiger partial charge in [0.25, 0.3) is 0 Å². The number of hydrazine groups is 2. The Hall–Kier alpha value is -1.56. The van der Waals surface area contributed by atoms with Gasteiger partial charge in [-0.15, -0.1) is 0 Å². The molecule has 0 aliphatic carbocycles. The molecule has 0 unspecified atom stereocenters. The molecule has 0 aromatic carbocycles. The second-order valence-corrected chi connectivity index (χ2v) is 2.76. The van der Waals surface area contributed by atoms with Crippen LogP contribution in [0.15, 0.2) is 0 Å². The van der Waals surface area contributed by atoms with Gasteiger partial charge in [0.05, 0.1) is 0 Å². The summed E-state index contributed by atoms with van der Waals surface area (Å²) in [5, 5.41) is 0. The van der Waals surface area contributed by atoms with Gasteiger partial charge < -0.3 is 0 Å². The zero-order valence-corrected chi connectivity index (χ0v) is 8.50. The minimum atomic E-state index is -5.06. The quantitative estimate of drug-likeness (QED) is 0.307. The van der Waals surface area contributed by atoms with Crippen molar-refractivity contribution in [3.63, 3.8) is 0 Å². The summed E-state index contributed by atoms with van der Waals surface area (Å²) in [4.78, 5) is 20.4. The lowest BCUT2D eigenvalue weighted by atomic mass is 10.6. The monoisotopic (exact) mass is 282 g/mol. The zero-order chi connectivity index (χ0) is 14.4. The van der Waals surface area contributed by atoms with E-state index in [4.69, 9.17) is 0 Å². The lowest BCUT2D eigenvalue weighted by Crippen LogP contribution is -2.50. The van der Waals surface area contributed by atoms with Crippen molar-refractivity contribution in [1.29, 1.82) is 0 Å². The van der Waals surface area contributed by atoms with E-state index in [-0.39, 0.29) is 13.1 Å². The Morgan fingerprint density at radius 2 is 1.00 bits per heavy atom. The highest BCUT2D eigenvalue weighted by Crippen LogP contribution is 2.13. The van der Waals surface area contributed by atoms with Crippen molar-refractivity contribution in [2.24, 2.45) is 0 Å². The summed E-state index contributed by atoms with van der Waals surface area (Å²) in [5.74, 6) is -4.50. The van der Waals surface area contributed by atoms with Gasteiger partial charge in [0.15, 0.2) is 0 Å². The average molecular weight is 282 g/mol. The first-order chi connectivity index (χ1) is 8.05. The van der Waals surface area contributed by atoms with Crippen molar-refractivity contribution in [2.75, 3.05) is 13.1 Å². The van der Waals surface area contributed by atoms with Gasteiger partial charge in [-0.25, -0.2) is 10.9 Å². The maximum absolute atomic E-state index is 11.6. The Labute approximate surface area is 96.0 Å². The lowest BCUT2D eigenvalue weighted by Gasteiger charge is -2.11. The molecule has 0 fully saturated rings. The number of carbonyl (C=O) groups is 2. The first-order valence-corrected chi connectivity index (χ1v) is 4.25. The molecule has 0 atom stereocenters. The molecule has 106 valence electrons. The predicted octanol–water partition coefficient (Wildman–Crippen LogP) is -0.647. The Bertz CT molecular complexity index is 271. The van der Waals surface area contributed by atoms with E-state index in [1.54, 1.807) is 10.9 Å². The summed E-state index contributed by atoms with van der Waals surface area (Å²) in [6.07, 6.45) is -10.1. The van der Waals surface area contributed by atoms with Gasteiger partial charge >= 0.3 is 24.2 Å². The van der Waals surface area contributed by atoms with Crippen LogP contribution in [0.3, 0.4) is 0 Å². The molecule has 0 aromatic heterocycles. The van der Waals surface area contributed by atoms with Gasteiger partial charge in [0.2, 0.25) is 0 Å². The van der Waals surface area contributed by atoms with Crippen molar-refractivity contribution in [3.8, 4) is 0 Å². The fourth-order valence-electron chi connectivity index (χ4n) is 0.552. The highest BCUT2D eigenvalue weighted by Gasteiger charge is 2.39. The summed E-state index contributed by atoms with van der Waals surface area (Å²) < 4.78 is 69.7. The molecule has 18 heavy (non-hydrogen) atoms. The molecule has 0 saturated carbocycles. The standard InChI is InChI=1S/C6H8F6N4O2/c7-5(8,9)3(17)15-13-1-2-14-16-4(18)6(10,11)12/h13-14H,1-2H2,(H,15,17)(H,16,18). The summed E-state index contributed by atoms with van der Waals surface area (Å²) >= 11 is 0. The lowest BCUT2D eigenvalue weighted by molar-refractivity contribution is -0.175. The zero-order valence-electron chi connectivity index (χ0n) is 8.50. The predicted molar refractivity (Wildman–Crippen MR) is 44.4 cm³/mol. The van der Waals surface area contributed by atoms with Gasteiger partial charge in [-0.05, 0) is 0 Å². The fraction of sp³-hybridized carbons (Fsp3) is 0.667. The number of carbonyl (C=O) groups excluding carboxylic acids is 2. The molecule has 0 spiro atoms. The third-order valence-electron chi connectivity index (χ3n) is 1.29. The largest absolute Gasteiger partial charge is 0.472 e. The van der Waals surface area contributed by atoms with Crippen LogP contribution >= 0.6 is 0 Å². The number of rotatable bonds is 5. The molecule has 0 rings (SSSR count). The SMILES string of the molecule is O=C(NNCCNNC(=O)C(F)(F)F)C(F)(F)F. The van der Waals surface area contributed by atoms with Gasteiger partial charge in [0.1, 0.15) is 0 Å². The third-order valence-corrected chi connectivity index (χ3v) is 1.29. The number of halogens is 6. The van der Waals surface area contributed by atoms with Crippen molar-refractivity contribution >= 4 is 11.8 Å². The van der Waals surface area contributed by atoms with E-state index < -0.39 is 24.2 Å². The highest BCUT2D eigenvalue weighted by molar-refractivity contribution is 5.81. The maximum atomic E-state index is 11.6. The molecule has 2 amide bonds. The second-order valence-electron chi connectivity index (χ2n) is 2.76. The Balaban J connectivity index is 3.60.